The normalized spacial score (nSPS) is 17.6. The summed E-state index contributed by atoms with van der Waals surface area (Å²) in [6, 6.07) is 4.09. The van der Waals surface area contributed by atoms with E-state index in [0.717, 1.165) is 47.5 Å². The highest BCUT2D eigenvalue weighted by Crippen LogP contribution is 2.31. The van der Waals surface area contributed by atoms with Crippen LogP contribution in [0.5, 0.6) is 0 Å². The molecule has 10 heteroatoms. The fourth-order valence-corrected chi connectivity index (χ4v) is 4.95. The van der Waals surface area contributed by atoms with Crippen molar-refractivity contribution in [1.29, 1.82) is 0 Å². The van der Waals surface area contributed by atoms with Crippen molar-refractivity contribution in [3.63, 3.8) is 0 Å². The van der Waals surface area contributed by atoms with Crippen LogP contribution < -0.4 is 0 Å². The molecule has 24 heavy (non-hydrogen) atoms. The van der Waals surface area contributed by atoms with Crippen LogP contribution in [0.2, 0.25) is 4.34 Å². The molecule has 6 nitrogen and oxygen atoms in total. The van der Waals surface area contributed by atoms with Gasteiger partial charge < -0.3 is 4.74 Å². The summed E-state index contributed by atoms with van der Waals surface area (Å²) in [6.45, 7) is 1.61. The predicted octanol–water partition coefficient (Wildman–Crippen LogP) is 3.98. The third-order valence-corrected chi connectivity index (χ3v) is 6.54. The second kappa shape index (κ2) is 7.49. The Labute approximate surface area is 156 Å². The van der Waals surface area contributed by atoms with Crippen LogP contribution in [-0.4, -0.2) is 37.1 Å². The standard InChI is InChI=1S/C14H14ClN5OS3/c15-12-10(16-19-24-12)8-23-14-18-17-13(11-4-2-6-22-11)20(14)7-9-3-1-5-21-9/h2,4,6,9H,1,3,5,7-8H2. The number of thioether (sulfide) groups is 1. The fourth-order valence-electron chi connectivity index (χ4n) is 2.56. The summed E-state index contributed by atoms with van der Waals surface area (Å²) in [5.41, 5.74) is 0.788. The van der Waals surface area contributed by atoms with Gasteiger partial charge in [-0.05, 0) is 24.3 Å². The topological polar surface area (TPSA) is 65.7 Å². The molecule has 1 fully saturated rings. The van der Waals surface area contributed by atoms with Crippen LogP contribution in [0.15, 0.2) is 22.7 Å². The first-order valence-corrected chi connectivity index (χ1v) is 10.5. The van der Waals surface area contributed by atoms with Gasteiger partial charge in [-0.25, -0.2) is 0 Å². The molecule has 4 rings (SSSR count). The highest BCUT2D eigenvalue weighted by Gasteiger charge is 2.22. The van der Waals surface area contributed by atoms with Crippen LogP contribution in [0.3, 0.4) is 0 Å². The maximum absolute atomic E-state index is 6.09. The van der Waals surface area contributed by atoms with Crippen molar-refractivity contribution < 1.29 is 4.74 Å². The Morgan fingerprint density at radius 1 is 1.38 bits per heavy atom. The Kier molecular flexibility index (Phi) is 5.14. The second-order valence-corrected chi connectivity index (χ2v) is 8.56. The molecule has 0 N–H and O–H groups in total. The number of aromatic nitrogens is 5. The van der Waals surface area contributed by atoms with Gasteiger partial charge in [0.15, 0.2) is 11.0 Å². The Balaban J connectivity index is 1.59. The zero-order valence-corrected chi connectivity index (χ0v) is 15.8. The number of hydrogen-bond donors (Lipinski definition) is 0. The summed E-state index contributed by atoms with van der Waals surface area (Å²) < 4.78 is 12.5. The third kappa shape index (κ3) is 3.50. The summed E-state index contributed by atoms with van der Waals surface area (Å²) in [5.74, 6) is 1.52. The molecule has 3 aromatic rings. The van der Waals surface area contributed by atoms with Gasteiger partial charge in [0.1, 0.15) is 10.0 Å². The van der Waals surface area contributed by atoms with E-state index in [4.69, 9.17) is 16.3 Å². The van der Waals surface area contributed by atoms with Crippen LogP contribution in [0.25, 0.3) is 10.7 Å². The van der Waals surface area contributed by atoms with Crippen molar-refractivity contribution in [2.45, 2.75) is 36.4 Å². The minimum atomic E-state index is 0.226. The number of ether oxygens (including phenoxy) is 1. The summed E-state index contributed by atoms with van der Waals surface area (Å²) in [5, 5.41) is 15.8. The van der Waals surface area contributed by atoms with Crippen LogP contribution in [0, 0.1) is 0 Å². The van der Waals surface area contributed by atoms with E-state index in [2.05, 4.69) is 30.4 Å². The van der Waals surface area contributed by atoms with E-state index in [1.807, 2.05) is 11.4 Å². The molecule has 126 valence electrons. The van der Waals surface area contributed by atoms with Crippen molar-refractivity contribution >= 4 is 46.2 Å². The van der Waals surface area contributed by atoms with Gasteiger partial charge >= 0.3 is 0 Å². The first kappa shape index (κ1) is 16.5. The number of thiophene rings is 1. The number of halogens is 1. The molecule has 4 heterocycles. The molecule has 1 saturated heterocycles. The van der Waals surface area contributed by atoms with Gasteiger partial charge in [-0.15, -0.1) is 26.6 Å². The molecule has 3 aromatic heterocycles. The summed E-state index contributed by atoms with van der Waals surface area (Å²) >= 11 is 10.5. The lowest BCUT2D eigenvalue weighted by Crippen LogP contribution is -2.16. The number of nitrogens with zero attached hydrogens (tertiary/aromatic N) is 5. The molecular formula is C14H14ClN5OS3. The second-order valence-electron chi connectivity index (χ2n) is 5.31. The van der Waals surface area contributed by atoms with Crippen LogP contribution >= 0.6 is 46.2 Å². The molecule has 0 bridgehead atoms. The van der Waals surface area contributed by atoms with E-state index in [1.54, 1.807) is 23.1 Å². The molecule has 0 saturated carbocycles. The molecule has 1 aliphatic rings. The van der Waals surface area contributed by atoms with E-state index in [0.29, 0.717) is 10.1 Å². The molecule has 0 radical (unpaired) electrons. The van der Waals surface area contributed by atoms with Crippen molar-refractivity contribution in [2.24, 2.45) is 0 Å². The fraction of sp³-hybridized carbons (Fsp3) is 0.429. The summed E-state index contributed by atoms with van der Waals surface area (Å²) in [6.07, 6.45) is 2.42. The minimum absolute atomic E-state index is 0.226. The Morgan fingerprint density at radius 3 is 3.04 bits per heavy atom. The van der Waals surface area contributed by atoms with Crippen molar-refractivity contribution in [1.82, 2.24) is 24.4 Å². The Hall–Kier alpha value is -1.00. The minimum Gasteiger partial charge on any atom is -0.376 e. The zero-order chi connectivity index (χ0) is 16.4. The van der Waals surface area contributed by atoms with E-state index in [9.17, 15) is 0 Å². The van der Waals surface area contributed by atoms with Gasteiger partial charge in [-0.1, -0.05) is 33.9 Å². The van der Waals surface area contributed by atoms with E-state index >= 15 is 0 Å². The van der Waals surface area contributed by atoms with Crippen molar-refractivity contribution in [3.05, 3.63) is 27.5 Å². The molecule has 1 atom stereocenters. The maximum atomic E-state index is 6.09. The third-order valence-electron chi connectivity index (χ3n) is 3.72. The van der Waals surface area contributed by atoms with Crippen molar-refractivity contribution in [2.75, 3.05) is 6.61 Å². The van der Waals surface area contributed by atoms with Gasteiger partial charge in [0, 0.05) is 23.9 Å². The van der Waals surface area contributed by atoms with E-state index in [1.165, 1.54) is 11.5 Å². The van der Waals surface area contributed by atoms with E-state index < -0.39 is 0 Å². The largest absolute Gasteiger partial charge is 0.376 e. The van der Waals surface area contributed by atoms with Gasteiger partial charge in [-0.3, -0.25) is 4.57 Å². The average molecular weight is 400 g/mol. The maximum Gasteiger partial charge on any atom is 0.191 e. The predicted molar refractivity (Wildman–Crippen MR) is 96.8 cm³/mol. The Bertz CT molecular complexity index is 797. The lowest BCUT2D eigenvalue weighted by Gasteiger charge is -2.14. The van der Waals surface area contributed by atoms with Gasteiger partial charge in [-0.2, -0.15) is 0 Å². The molecule has 0 aromatic carbocycles. The monoisotopic (exact) mass is 399 g/mol. The quantitative estimate of drug-likeness (QED) is 0.584. The van der Waals surface area contributed by atoms with Crippen molar-refractivity contribution in [3.8, 4) is 10.7 Å². The smallest absolute Gasteiger partial charge is 0.191 e. The van der Waals surface area contributed by atoms with Crippen LogP contribution in [0.4, 0.5) is 0 Å². The van der Waals surface area contributed by atoms with E-state index in [-0.39, 0.29) is 6.10 Å². The number of hydrogen-bond acceptors (Lipinski definition) is 8. The molecule has 0 spiro atoms. The zero-order valence-electron chi connectivity index (χ0n) is 12.6. The van der Waals surface area contributed by atoms with Gasteiger partial charge in [0.05, 0.1) is 17.5 Å². The van der Waals surface area contributed by atoms with Gasteiger partial charge in [0.2, 0.25) is 0 Å². The summed E-state index contributed by atoms with van der Waals surface area (Å²) in [4.78, 5) is 1.11. The average Bonchev–Trinajstić information content (AvgIpc) is 3.34. The lowest BCUT2D eigenvalue weighted by molar-refractivity contribution is 0.0953. The van der Waals surface area contributed by atoms with Crippen LogP contribution in [-0.2, 0) is 17.0 Å². The highest BCUT2D eigenvalue weighted by atomic mass is 35.5. The lowest BCUT2D eigenvalue weighted by atomic mass is 10.2. The molecule has 1 unspecified atom stereocenters. The Morgan fingerprint density at radius 2 is 2.33 bits per heavy atom. The molecule has 0 amide bonds. The SMILES string of the molecule is Clc1snnc1CSc1nnc(-c2cccs2)n1CC1CCCO1. The van der Waals surface area contributed by atoms with Crippen LogP contribution in [0.1, 0.15) is 18.5 Å². The first-order valence-electron chi connectivity index (χ1n) is 7.49. The first-order chi connectivity index (χ1) is 11.8. The number of rotatable bonds is 6. The van der Waals surface area contributed by atoms with Gasteiger partial charge in [0.25, 0.3) is 0 Å². The summed E-state index contributed by atoms with van der Waals surface area (Å²) in [7, 11) is 0. The molecular weight excluding hydrogens is 386 g/mol. The molecule has 1 aliphatic heterocycles. The molecule has 0 aliphatic carbocycles. The highest BCUT2D eigenvalue weighted by molar-refractivity contribution is 7.98.